The summed E-state index contributed by atoms with van der Waals surface area (Å²) in [6.45, 7) is 3.74. The Morgan fingerprint density at radius 2 is 1.65 bits per heavy atom. The van der Waals surface area contributed by atoms with Crippen molar-refractivity contribution in [1.29, 1.82) is 0 Å². The van der Waals surface area contributed by atoms with Crippen molar-refractivity contribution < 1.29 is 4.79 Å². The lowest BCUT2D eigenvalue weighted by Crippen LogP contribution is -2.42. The third-order valence-corrected chi connectivity index (χ3v) is 8.43. The number of likely N-dealkylation sites (tertiary alicyclic amines) is 2. The van der Waals surface area contributed by atoms with Gasteiger partial charge in [-0.2, -0.15) is 0 Å². The molecule has 2 aliphatic heterocycles. The largest absolute Gasteiger partial charge is 0.337 e. The summed E-state index contributed by atoms with van der Waals surface area (Å²) in [6, 6.07) is 8.91. The van der Waals surface area contributed by atoms with Crippen LogP contribution >= 0.6 is 0 Å². The highest BCUT2D eigenvalue weighted by Crippen LogP contribution is 2.42. The van der Waals surface area contributed by atoms with Crippen molar-refractivity contribution in [2.45, 2.75) is 50.6 Å². The Hall–Kier alpha value is -3.00. The van der Waals surface area contributed by atoms with Gasteiger partial charge in [0.15, 0.2) is 0 Å². The SMILES string of the molecule is O=C(c1cnccn1)N1CC[C@@H]2CC(N3CCC(n4c(=O)[nH]c5ccccc54)CC3)C[C@@H]2CC1. The monoisotopic (exact) mass is 460 g/mol. The number of nitrogens with one attached hydrogen (secondary N) is 1. The Labute approximate surface area is 199 Å². The lowest BCUT2D eigenvalue weighted by atomic mass is 9.92. The zero-order valence-corrected chi connectivity index (χ0v) is 19.5. The highest BCUT2D eigenvalue weighted by atomic mass is 16.2. The van der Waals surface area contributed by atoms with Gasteiger partial charge in [-0.15, -0.1) is 0 Å². The Morgan fingerprint density at radius 1 is 0.912 bits per heavy atom. The lowest BCUT2D eigenvalue weighted by molar-refractivity contribution is 0.0748. The molecular weight excluding hydrogens is 428 g/mol. The van der Waals surface area contributed by atoms with Gasteiger partial charge < -0.3 is 14.8 Å². The number of hydrogen-bond donors (Lipinski definition) is 1. The molecule has 3 aromatic rings. The fourth-order valence-electron chi connectivity index (χ4n) is 6.66. The molecule has 1 saturated carbocycles. The van der Waals surface area contributed by atoms with E-state index in [9.17, 15) is 9.59 Å². The number of fused-ring (bicyclic) bond motifs is 2. The number of carbonyl (C=O) groups excluding carboxylic acids is 1. The average Bonchev–Trinajstić information content (AvgIpc) is 3.38. The van der Waals surface area contributed by atoms with Gasteiger partial charge in [0.1, 0.15) is 5.69 Å². The maximum absolute atomic E-state index is 12.8. The minimum atomic E-state index is 0.0132. The van der Waals surface area contributed by atoms with E-state index in [0.717, 1.165) is 62.9 Å². The van der Waals surface area contributed by atoms with E-state index in [1.165, 1.54) is 12.8 Å². The quantitative estimate of drug-likeness (QED) is 0.649. The second-order valence-electron chi connectivity index (χ2n) is 10.2. The number of hydrogen-bond acceptors (Lipinski definition) is 5. The van der Waals surface area contributed by atoms with E-state index in [1.807, 2.05) is 33.7 Å². The maximum Gasteiger partial charge on any atom is 0.326 e. The average molecular weight is 461 g/mol. The van der Waals surface area contributed by atoms with Crippen LogP contribution in [-0.2, 0) is 0 Å². The van der Waals surface area contributed by atoms with Crippen LogP contribution in [0.1, 0.15) is 55.1 Å². The van der Waals surface area contributed by atoms with Gasteiger partial charge >= 0.3 is 5.69 Å². The summed E-state index contributed by atoms with van der Waals surface area (Å²) in [4.78, 5) is 41.3. The summed E-state index contributed by atoms with van der Waals surface area (Å²) in [5, 5.41) is 0. The number of amides is 1. The second-order valence-corrected chi connectivity index (χ2v) is 10.2. The Morgan fingerprint density at radius 3 is 2.35 bits per heavy atom. The molecule has 178 valence electrons. The molecule has 34 heavy (non-hydrogen) atoms. The van der Waals surface area contributed by atoms with Gasteiger partial charge in [0, 0.05) is 50.7 Å². The predicted octanol–water partition coefficient (Wildman–Crippen LogP) is 3.09. The highest BCUT2D eigenvalue weighted by Gasteiger charge is 2.40. The van der Waals surface area contributed by atoms with Crippen LogP contribution in [0.2, 0.25) is 0 Å². The second kappa shape index (κ2) is 8.98. The molecule has 6 rings (SSSR count). The minimum Gasteiger partial charge on any atom is -0.337 e. The third-order valence-electron chi connectivity index (χ3n) is 8.43. The summed E-state index contributed by atoms with van der Waals surface area (Å²) in [7, 11) is 0. The molecule has 3 aliphatic rings. The van der Waals surface area contributed by atoms with E-state index < -0.39 is 0 Å². The van der Waals surface area contributed by atoms with Crippen molar-refractivity contribution in [2.75, 3.05) is 26.2 Å². The fourth-order valence-corrected chi connectivity index (χ4v) is 6.66. The van der Waals surface area contributed by atoms with E-state index >= 15 is 0 Å². The van der Waals surface area contributed by atoms with Gasteiger partial charge in [-0.05, 0) is 62.5 Å². The van der Waals surface area contributed by atoms with Crippen molar-refractivity contribution in [3.8, 4) is 0 Å². The van der Waals surface area contributed by atoms with Crippen LogP contribution in [0, 0.1) is 11.8 Å². The van der Waals surface area contributed by atoms with E-state index in [2.05, 4.69) is 19.9 Å². The first-order valence-corrected chi connectivity index (χ1v) is 12.7. The maximum atomic E-state index is 12.8. The van der Waals surface area contributed by atoms with Crippen LogP contribution in [0.3, 0.4) is 0 Å². The molecule has 3 fully saturated rings. The first-order chi connectivity index (χ1) is 16.7. The molecule has 2 aromatic heterocycles. The molecular formula is C26H32N6O2. The lowest BCUT2D eigenvalue weighted by Gasteiger charge is -2.36. The van der Waals surface area contributed by atoms with Gasteiger partial charge in [0.2, 0.25) is 0 Å². The number of aromatic amines is 1. The van der Waals surface area contributed by atoms with Crippen LogP contribution in [0.25, 0.3) is 11.0 Å². The number of imidazole rings is 1. The number of H-pyrrole nitrogens is 1. The first kappa shape index (κ1) is 21.5. The van der Waals surface area contributed by atoms with Gasteiger partial charge in [-0.25, -0.2) is 9.78 Å². The number of rotatable bonds is 3. The van der Waals surface area contributed by atoms with Crippen LogP contribution in [-0.4, -0.2) is 67.4 Å². The predicted molar refractivity (Wildman–Crippen MR) is 130 cm³/mol. The fraction of sp³-hybridized carbons (Fsp3) is 0.538. The normalized spacial score (nSPS) is 26.5. The molecule has 0 spiro atoms. The topological polar surface area (TPSA) is 87.1 Å². The Kier molecular flexibility index (Phi) is 5.69. The van der Waals surface area contributed by atoms with Crippen molar-refractivity contribution >= 4 is 16.9 Å². The van der Waals surface area contributed by atoms with Crippen molar-refractivity contribution in [3.05, 3.63) is 59.0 Å². The number of para-hydroxylation sites is 2. The number of aromatic nitrogens is 4. The zero-order chi connectivity index (χ0) is 23.1. The Balaban J connectivity index is 1.05. The number of piperidine rings is 1. The Bertz CT molecular complexity index is 1200. The van der Waals surface area contributed by atoms with Crippen LogP contribution in [0.4, 0.5) is 0 Å². The molecule has 1 N–H and O–H groups in total. The summed E-state index contributed by atoms with van der Waals surface area (Å²) < 4.78 is 1.98. The van der Waals surface area contributed by atoms with Gasteiger partial charge in [-0.1, -0.05) is 12.1 Å². The van der Waals surface area contributed by atoms with Crippen molar-refractivity contribution in [2.24, 2.45) is 11.8 Å². The molecule has 4 heterocycles. The van der Waals surface area contributed by atoms with E-state index in [-0.39, 0.29) is 17.6 Å². The van der Waals surface area contributed by atoms with Gasteiger partial charge in [0.05, 0.1) is 17.2 Å². The highest BCUT2D eigenvalue weighted by molar-refractivity contribution is 5.91. The molecule has 1 unspecified atom stereocenters. The van der Waals surface area contributed by atoms with Gasteiger partial charge in [-0.3, -0.25) is 14.3 Å². The van der Waals surface area contributed by atoms with E-state index in [4.69, 9.17) is 0 Å². The molecule has 1 aromatic carbocycles. The zero-order valence-electron chi connectivity index (χ0n) is 19.5. The smallest absolute Gasteiger partial charge is 0.326 e. The number of carbonyl (C=O) groups is 1. The minimum absolute atomic E-state index is 0.0132. The summed E-state index contributed by atoms with van der Waals surface area (Å²) in [6.07, 6.45) is 11.4. The molecule has 3 atom stereocenters. The molecule has 8 nitrogen and oxygen atoms in total. The van der Waals surface area contributed by atoms with E-state index in [1.54, 1.807) is 18.6 Å². The standard InChI is InChI=1S/C26H32N6O2/c33-25(23-17-27-9-10-28-23)31-11-5-18-15-21(16-19(18)6-12-31)30-13-7-20(8-14-30)32-24-4-2-1-3-22(24)29-26(32)34/h1-4,9-10,17-21H,5-8,11-16H2,(H,29,34)/t18-,19+,21?. The van der Waals surface area contributed by atoms with E-state index in [0.29, 0.717) is 23.6 Å². The molecule has 1 aliphatic carbocycles. The number of nitrogens with zero attached hydrogens (tertiary/aromatic N) is 5. The molecule has 0 radical (unpaired) electrons. The number of benzene rings is 1. The molecule has 0 bridgehead atoms. The summed E-state index contributed by atoms with van der Waals surface area (Å²) in [5.41, 5.74) is 2.42. The van der Waals surface area contributed by atoms with Crippen LogP contribution in [0.15, 0.2) is 47.7 Å². The van der Waals surface area contributed by atoms with Crippen LogP contribution < -0.4 is 5.69 Å². The molecule has 1 amide bonds. The molecule has 2 saturated heterocycles. The summed E-state index contributed by atoms with van der Waals surface area (Å²) in [5.74, 6) is 1.40. The first-order valence-electron chi connectivity index (χ1n) is 12.7. The van der Waals surface area contributed by atoms with Crippen molar-refractivity contribution in [3.63, 3.8) is 0 Å². The van der Waals surface area contributed by atoms with Crippen molar-refractivity contribution in [1.82, 2.24) is 29.3 Å². The van der Waals surface area contributed by atoms with Crippen LogP contribution in [0.5, 0.6) is 0 Å². The van der Waals surface area contributed by atoms with Gasteiger partial charge in [0.25, 0.3) is 5.91 Å². The third kappa shape index (κ3) is 3.94. The molecule has 8 heteroatoms. The summed E-state index contributed by atoms with van der Waals surface area (Å²) >= 11 is 0.